The number of anilines is 2. The lowest BCUT2D eigenvalue weighted by Crippen LogP contribution is -2.23. The molecular formula is C16H20N2O2. The van der Waals surface area contributed by atoms with Gasteiger partial charge in [-0.3, -0.25) is 0 Å². The Morgan fingerprint density at radius 2 is 1.60 bits per heavy atom. The second kappa shape index (κ2) is 6.70. The van der Waals surface area contributed by atoms with Crippen molar-refractivity contribution in [3.05, 3.63) is 48.5 Å². The van der Waals surface area contributed by atoms with E-state index in [-0.39, 0.29) is 6.29 Å². The van der Waals surface area contributed by atoms with Crippen LogP contribution >= 0.6 is 0 Å². The SMILES string of the molecule is CCCC(Oc1ccc(N)cc1)Oc1cccc(N)c1. The molecule has 0 amide bonds. The maximum Gasteiger partial charge on any atom is 0.241 e. The van der Waals surface area contributed by atoms with E-state index in [1.165, 1.54) is 0 Å². The van der Waals surface area contributed by atoms with Gasteiger partial charge in [-0.15, -0.1) is 0 Å². The first-order chi connectivity index (χ1) is 9.67. The van der Waals surface area contributed by atoms with Crippen LogP contribution in [0.2, 0.25) is 0 Å². The van der Waals surface area contributed by atoms with Crippen LogP contribution in [0.1, 0.15) is 19.8 Å². The summed E-state index contributed by atoms with van der Waals surface area (Å²) in [6.45, 7) is 2.09. The first-order valence-electron chi connectivity index (χ1n) is 6.72. The molecule has 0 fully saturated rings. The van der Waals surface area contributed by atoms with Gasteiger partial charge in [-0.05, 0) is 42.8 Å². The lowest BCUT2D eigenvalue weighted by Gasteiger charge is -2.20. The maximum atomic E-state index is 5.84. The molecule has 1 unspecified atom stereocenters. The highest BCUT2D eigenvalue weighted by atomic mass is 16.7. The van der Waals surface area contributed by atoms with E-state index in [0.717, 1.165) is 18.6 Å². The molecule has 0 aliphatic carbocycles. The Morgan fingerprint density at radius 1 is 0.900 bits per heavy atom. The smallest absolute Gasteiger partial charge is 0.241 e. The monoisotopic (exact) mass is 272 g/mol. The van der Waals surface area contributed by atoms with Crippen LogP contribution in [-0.4, -0.2) is 6.29 Å². The van der Waals surface area contributed by atoms with Crippen LogP contribution in [0.15, 0.2) is 48.5 Å². The van der Waals surface area contributed by atoms with E-state index in [0.29, 0.717) is 17.1 Å². The Labute approximate surface area is 119 Å². The van der Waals surface area contributed by atoms with Gasteiger partial charge in [-0.25, -0.2) is 0 Å². The molecule has 4 nitrogen and oxygen atoms in total. The third-order valence-electron chi connectivity index (χ3n) is 2.80. The zero-order valence-electron chi connectivity index (χ0n) is 11.6. The summed E-state index contributed by atoms with van der Waals surface area (Å²) in [5, 5.41) is 0. The minimum atomic E-state index is -0.342. The largest absolute Gasteiger partial charge is 0.455 e. The number of rotatable bonds is 6. The van der Waals surface area contributed by atoms with Crippen LogP contribution in [0.25, 0.3) is 0 Å². The van der Waals surface area contributed by atoms with E-state index in [1.54, 1.807) is 18.2 Å². The van der Waals surface area contributed by atoms with E-state index in [4.69, 9.17) is 20.9 Å². The highest BCUT2D eigenvalue weighted by molar-refractivity contribution is 5.44. The summed E-state index contributed by atoms with van der Waals surface area (Å²) in [6, 6.07) is 14.6. The molecule has 4 heteroatoms. The molecule has 2 rings (SSSR count). The Kier molecular flexibility index (Phi) is 4.71. The quantitative estimate of drug-likeness (QED) is 0.624. The fraction of sp³-hybridized carbons (Fsp3) is 0.250. The van der Waals surface area contributed by atoms with Crippen molar-refractivity contribution in [3.8, 4) is 11.5 Å². The van der Waals surface area contributed by atoms with Gasteiger partial charge in [0.15, 0.2) is 0 Å². The minimum Gasteiger partial charge on any atom is -0.455 e. The van der Waals surface area contributed by atoms with Gasteiger partial charge in [0.1, 0.15) is 11.5 Å². The third kappa shape index (κ3) is 4.09. The molecule has 0 aliphatic heterocycles. The fourth-order valence-electron chi connectivity index (χ4n) is 1.82. The Balaban J connectivity index is 2.05. The van der Waals surface area contributed by atoms with Crippen molar-refractivity contribution in [3.63, 3.8) is 0 Å². The first kappa shape index (κ1) is 14.1. The predicted octanol–water partition coefficient (Wildman–Crippen LogP) is 3.44. The average molecular weight is 272 g/mol. The summed E-state index contributed by atoms with van der Waals surface area (Å²) in [5.41, 5.74) is 12.8. The highest BCUT2D eigenvalue weighted by Crippen LogP contribution is 2.21. The molecular weight excluding hydrogens is 252 g/mol. The second-order valence-corrected chi connectivity index (χ2v) is 4.60. The van der Waals surface area contributed by atoms with Crippen LogP contribution < -0.4 is 20.9 Å². The third-order valence-corrected chi connectivity index (χ3v) is 2.80. The van der Waals surface area contributed by atoms with Gasteiger partial charge in [-0.2, -0.15) is 0 Å². The van der Waals surface area contributed by atoms with Gasteiger partial charge in [0.05, 0.1) is 0 Å². The van der Waals surface area contributed by atoms with Crippen molar-refractivity contribution in [2.24, 2.45) is 0 Å². The zero-order chi connectivity index (χ0) is 14.4. The Hall–Kier alpha value is -2.36. The van der Waals surface area contributed by atoms with Crippen LogP contribution in [0.3, 0.4) is 0 Å². The molecule has 106 valence electrons. The lowest BCUT2D eigenvalue weighted by molar-refractivity contribution is -0.000974. The standard InChI is InChI=1S/C16H20N2O2/c1-2-4-16(19-14-9-7-12(17)8-10-14)20-15-6-3-5-13(18)11-15/h3,5-11,16H,2,4,17-18H2,1H3. The van der Waals surface area contributed by atoms with Gasteiger partial charge in [0.25, 0.3) is 0 Å². The number of hydrogen-bond acceptors (Lipinski definition) is 4. The van der Waals surface area contributed by atoms with Crippen molar-refractivity contribution >= 4 is 11.4 Å². The summed E-state index contributed by atoms with van der Waals surface area (Å²) in [6.07, 6.45) is 1.41. The summed E-state index contributed by atoms with van der Waals surface area (Å²) in [5.74, 6) is 1.44. The molecule has 4 N–H and O–H groups in total. The Bertz CT molecular complexity index is 540. The summed E-state index contributed by atoms with van der Waals surface area (Å²) < 4.78 is 11.7. The number of hydrogen-bond donors (Lipinski definition) is 2. The maximum absolute atomic E-state index is 5.84. The summed E-state index contributed by atoms with van der Waals surface area (Å²) >= 11 is 0. The molecule has 0 aliphatic rings. The van der Waals surface area contributed by atoms with E-state index < -0.39 is 0 Å². The molecule has 0 radical (unpaired) electrons. The Morgan fingerprint density at radius 3 is 2.25 bits per heavy atom. The van der Waals surface area contributed by atoms with Gasteiger partial charge in [-0.1, -0.05) is 13.0 Å². The molecule has 20 heavy (non-hydrogen) atoms. The molecule has 1 atom stereocenters. The molecule has 0 bridgehead atoms. The van der Waals surface area contributed by atoms with Crippen molar-refractivity contribution in [2.45, 2.75) is 26.1 Å². The zero-order valence-corrected chi connectivity index (χ0v) is 11.6. The van der Waals surface area contributed by atoms with E-state index in [1.807, 2.05) is 30.3 Å². The molecule has 2 aromatic rings. The molecule has 2 aromatic carbocycles. The lowest BCUT2D eigenvalue weighted by atomic mass is 10.3. The van der Waals surface area contributed by atoms with E-state index in [2.05, 4.69) is 6.92 Å². The summed E-state index contributed by atoms with van der Waals surface area (Å²) in [4.78, 5) is 0. The number of nitrogen functional groups attached to an aromatic ring is 2. The second-order valence-electron chi connectivity index (χ2n) is 4.60. The van der Waals surface area contributed by atoms with Crippen LogP contribution in [0.4, 0.5) is 11.4 Å². The normalized spacial score (nSPS) is 11.8. The highest BCUT2D eigenvalue weighted by Gasteiger charge is 2.11. The van der Waals surface area contributed by atoms with Crippen LogP contribution in [-0.2, 0) is 0 Å². The van der Waals surface area contributed by atoms with Crippen LogP contribution in [0, 0.1) is 0 Å². The molecule has 0 saturated carbocycles. The molecule has 0 saturated heterocycles. The minimum absolute atomic E-state index is 0.342. The molecule has 0 heterocycles. The van der Waals surface area contributed by atoms with Crippen molar-refractivity contribution in [1.82, 2.24) is 0 Å². The summed E-state index contributed by atoms with van der Waals surface area (Å²) in [7, 11) is 0. The first-order valence-corrected chi connectivity index (χ1v) is 6.72. The van der Waals surface area contributed by atoms with E-state index in [9.17, 15) is 0 Å². The fourth-order valence-corrected chi connectivity index (χ4v) is 1.82. The topological polar surface area (TPSA) is 70.5 Å². The number of ether oxygens (including phenoxy) is 2. The van der Waals surface area contributed by atoms with Gasteiger partial charge in [0.2, 0.25) is 6.29 Å². The molecule has 0 aromatic heterocycles. The predicted molar refractivity (Wildman–Crippen MR) is 81.7 cm³/mol. The average Bonchev–Trinajstić information content (AvgIpc) is 2.42. The van der Waals surface area contributed by atoms with Crippen molar-refractivity contribution < 1.29 is 9.47 Å². The van der Waals surface area contributed by atoms with Crippen molar-refractivity contribution in [2.75, 3.05) is 11.5 Å². The number of nitrogens with two attached hydrogens (primary N) is 2. The molecule has 0 spiro atoms. The van der Waals surface area contributed by atoms with Gasteiger partial charge in [0, 0.05) is 23.9 Å². The van der Waals surface area contributed by atoms with Gasteiger partial charge < -0.3 is 20.9 Å². The number of benzene rings is 2. The van der Waals surface area contributed by atoms with Crippen LogP contribution in [0.5, 0.6) is 11.5 Å². The van der Waals surface area contributed by atoms with E-state index >= 15 is 0 Å². The van der Waals surface area contributed by atoms with Gasteiger partial charge >= 0.3 is 0 Å². The van der Waals surface area contributed by atoms with Crippen molar-refractivity contribution in [1.29, 1.82) is 0 Å².